The summed E-state index contributed by atoms with van der Waals surface area (Å²) in [6.07, 6.45) is 9.18. The molecule has 0 aromatic heterocycles. The highest BCUT2D eigenvalue weighted by Crippen LogP contribution is 2.32. The Bertz CT molecular complexity index is 1550. The van der Waals surface area contributed by atoms with E-state index in [0.29, 0.717) is 48.2 Å². The van der Waals surface area contributed by atoms with Crippen molar-refractivity contribution in [3.05, 3.63) is 90.0 Å². The van der Waals surface area contributed by atoms with Gasteiger partial charge in [-0.25, -0.2) is 12.7 Å². The lowest BCUT2D eigenvalue weighted by Gasteiger charge is -2.29. The zero-order chi connectivity index (χ0) is 32.8. The number of unbranched alkanes of at least 4 members (excludes halogenated alkanes) is 2. The summed E-state index contributed by atoms with van der Waals surface area (Å²) in [6, 6.07) is 23.5. The molecule has 0 aliphatic heterocycles. The van der Waals surface area contributed by atoms with Gasteiger partial charge in [0.25, 0.3) is 5.91 Å². The summed E-state index contributed by atoms with van der Waals surface area (Å²) in [7, 11) is -3.75. The monoisotopic (exact) mass is 644 g/mol. The molecule has 1 amide bonds. The van der Waals surface area contributed by atoms with Crippen LogP contribution in [0, 0.1) is 11.8 Å². The first kappa shape index (κ1) is 35.0. The van der Waals surface area contributed by atoms with Gasteiger partial charge in [0.05, 0.1) is 29.8 Å². The molecule has 2 unspecified atom stereocenters. The highest BCUT2D eigenvalue weighted by molar-refractivity contribution is 7.92. The van der Waals surface area contributed by atoms with E-state index in [1.54, 1.807) is 42.5 Å². The summed E-state index contributed by atoms with van der Waals surface area (Å²) in [6.45, 7) is 2.84. The van der Waals surface area contributed by atoms with Gasteiger partial charge in [-0.05, 0) is 74.9 Å². The van der Waals surface area contributed by atoms with Gasteiger partial charge in [0, 0.05) is 36.8 Å². The van der Waals surface area contributed by atoms with Crippen molar-refractivity contribution >= 4 is 33.0 Å². The number of hydrogen-bond donors (Lipinski definition) is 4. The molecule has 0 heterocycles. The molecule has 8 nitrogen and oxygen atoms in total. The van der Waals surface area contributed by atoms with Crippen LogP contribution in [-0.4, -0.2) is 57.0 Å². The summed E-state index contributed by atoms with van der Waals surface area (Å²) < 4.78 is 27.5. The third-order valence-corrected chi connectivity index (χ3v) is 9.36. The average molecular weight is 645 g/mol. The van der Waals surface area contributed by atoms with Crippen LogP contribution in [-0.2, 0) is 16.4 Å². The third kappa shape index (κ3) is 10.9. The van der Waals surface area contributed by atoms with Gasteiger partial charge < -0.3 is 21.1 Å². The van der Waals surface area contributed by atoms with Gasteiger partial charge in [-0.1, -0.05) is 67.8 Å². The van der Waals surface area contributed by atoms with Crippen LogP contribution >= 0.6 is 0 Å². The zero-order valence-corrected chi connectivity index (χ0v) is 27.9. The Morgan fingerprint density at radius 3 is 2.33 bits per heavy atom. The van der Waals surface area contributed by atoms with Crippen molar-refractivity contribution in [3.8, 4) is 11.8 Å². The van der Waals surface area contributed by atoms with Crippen molar-refractivity contribution in [2.24, 2.45) is 0 Å². The number of hydrogen-bond acceptors (Lipinski definition) is 6. The van der Waals surface area contributed by atoms with E-state index < -0.39 is 22.2 Å². The van der Waals surface area contributed by atoms with Crippen LogP contribution in [0.5, 0.6) is 0 Å². The molecule has 2 atom stereocenters. The lowest BCUT2D eigenvalue weighted by Crippen LogP contribution is -2.50. The maximum absolute atomic E-state index is 14.0. The molecule has 3 aromatic rings. The van der Waals surface area contributed by atoms with E-state index in [-0.39, 0.29) is 5.91 Å². The van der Waals surface area contributed by atoms with Crippen LogP contribution in [0.25, 0.3) is 0 Å². The Morgan fingerprint density at radius 2 is 1.65 bits per heavy atom. The molecule has 0 spiro atoms. The van der Waals surface area contributed by atoms with Gasteiger partial charge in [0.15, 0.2) is 0 Å². The first-order valence-electron chi connectivity index (χ1n) is 16.3. The predicted octanol–water partition coefficient (Wildman–Crippen LogP) is 6.01. The minimum atomic E-state index is -3.75. The fourth-order valence-corrected chi connectivity index (χ4v) is 6.89. The van der Waals surface area contributed by atoms with Crippen LogP contribution < -0.4 is 20.3 Å². The lowest BCUT2D eigenvalue weighted by molar-refractivity contribution is 0.0821. The Morgan fingerprint density at radius 1 is 0.957 bits per heavy atom. The minimum Gasteiger partial charge on any atom is -0.390 e. The molecule has 246 valence electrons. The van der Waals surface area contributed by atoms with Gasteiger partial charge >= 0.3 is 0 Å². The molecule has 4 N–H and O–H groups in total. The quantitative estimate of drug-likeness (QED) is 0.112. The molecule has 4 rings (SSSR count). The number of nitrogens with zero attached hydrogens (tertiary/aromatic N) is 1. The first-order valence-corrected chi connectivity index (χ1v) is 18.2. The molecular weight excluding hydrogens is 596 g/mol. The molecular formula is C37H48N4O4S. The second kappa shape index (κ2) is 17.7. The maximum Gasteiger partial charge on any atom is 0.251 e. The highest BCUT2D eigenvalue weighted by Gasteiger charge is 2.26. The predicted molar refractivity (Wildman–Crippen MR) is 188 cm³/mol. The Kier molecular flexibility index (Phi) is 13.5. The topological polar surface area (TPSA) is 111 Å². The summed E-state index contributed by atoms with van der Waals surface area (Å²) in [5.41, 5.74) is 2.75. The SMILES string of the molecule is CC#CCCCCNc1cc(C(=O)NC(Cc2ccccc2)C(O)CNC2CCCCC2)cc(N(c2ccccc2)S(C)(=O)=O)c1. The third-order valence-electron chi connectivity index (χ3n) is 8.27. The summed E-state index contributed by atoms with van der Waals surface area (Å²) in [4.78, 5) is 14.0. The van der Waals surface area contributed by atoms with Crippen molar-refractivity contribution in [3.63, 3.8) is 0 Å². The maximum atomic E-state index is 14.0. The second-order valence-corrected chi connectivity index (χ2v) is 13.9. The normalized spacial score (nSPS) is 14.8. The number of amides is 1. The Labute approximate surface area is 275 Å². The van der Waals surface area contributed by atoms with Crippen LogP contribution in [0.15, 0.2) is 78.9 Å². The summed E-state index contributed by atoms with van der Waals surface area (Å²) >= 11 is 0. The van der Waals surface area contributed by atoms with Crippen molar-refractivity contribution in [2.45, 2.75) is 82.9 Å². The van der Waals surface area contributed by atoms with Crippen molar-refractivity contribution in [1.82, 2.24) is 10.6 Å². The second-order valence-electron chi connectivity index (χ2n) is 12.0. The number of anilines is 3. The van der Waals surface area contributed by atoms with E-state index in [1.165, 1.54) is 23.6 Å². The van der Waals surface area contributed by atoms with E-state index in [2.05, 4.69) is 27.8 Å². The molecule has 3 aromatic carbocycles. The van der Waals surface area contributed by atoms with E-state index in [4.69, 9.17) is 0 Å². The van der Waals surface area contributed by atoms with Crippen LogP contribution in [0.2, 0.25) is 0 Å². The number of rotatable bonds is 16. The molecule has 46 heavy (non-hydrogen) atoms. The highest BCUT2D eigenvalue weighted by atomic mass is 32.2. The van der Waals surface area contributed by atoms with Crippen molar-refractivity contribution in [1.29, 1.82) is 0 Å². The van der Waals surface area contributed by atoms with Gasteiger partial charge in [-0.15, -0.1) is 11.8 Å². The van der Waals surface area contributed by atoms with Gasteiger partial charge in [-0.3, -0.25) is 4.79 Å². The largest absolute Gasteiger partial charge is 0.390 e. The van der Waals surface area contributed by atoms with E-state index in [1.807, 2.05) is 43.3 Å². The average Bonchev–Trinajstić information content (AvgIpc) is 3.05. The molecule has 1 saturated carbocycles. The lowest BCUT2D eigenvalue weighted by atomic mass is 9.95. The fourth-order valence-electron chi connectivity index (χ4n) is 5.89. The first-order chi connectivity index (χ1) is 22.2. The molecule has 9 heteroatoms. The summed E-state index contributed by atoms with van der Waals surface area (Å²) in [5, 5.41) is 21.4. The van der Waals surface area contributed by atoms with E-state index >= 15 is 0 Å². The fraction of sp³-hybridized carbons (Fsp3) is 0.432. The number of carbonyl (C=O) groups is 1. The van der Waals surface area contributed by atoms with Gasteiger partial charge in [0.1, 0.15) is 0 Å². The standard InChI is InChI=1S/C37H48N4O4S/c1-3-4-5-6-16-23-38-32-25-30(26-34(27-32)41(46(2,44)45)33-21-14-9-15-22-33)37(43)40-35(24-29-17-10-7-11-18-29)36(42)28-39-31-19-12-8-13-20-31/h7,9-11,14-15,17-18,21-22,25-27,31,35-36,38-39,42H,5-6,8,12-13,16,19-20,23-24,28H2,1-2H3,(H,40,43). The molecule has 1 aliphatic carbocycles. The number of sulfonamides is 1. The molecule has 1 aliphatic rings. The number of para-hydroxylation sites is 1. The molecule has 1 fully saturated rings. The van der Waals surface area contributed by atoms with Crippen molar-refractivity contribution < 1.29 is 18.3 Å². The molecule has 0 bridgehead atoms. The van der Waals surface area contributed by atoms with Crippen molar-refractivity contribution in [2.75, 3.05) is 29.0 Å². The van der Waals surface area contributed by atoms with Crippen LogP contribution in [0.1, 0.15) is 74.2 Å². The minimum absolute atomic E-state index is 0.298. The van der Waals surface area contributed by atoms with Crippen LogP contribution in [0.3, 0.4) is 0 Å². The van der Waals surface area contributed by atoms with Crippen LogP contribution in [0.4, 0.5) is 17.1 Å². The number of nitrogens with one attached hydrogen (secondary N) is 3. The molecule has 0 saturated heterocycles. The number of carbonyl (C=O) groups excluding carboxylic acids is 1. The summed E-state index contributed by atoms with van der Waals surface area (Å²) in [5.74, 6) is 5.60. The Hall–Kier alpha value is -3.84. The number of benzene rings is 3. The number of aliphatic hydroxyl groups is 1. The number of aliphatic hydroxyl groups excluding tert-OH is 1. The molecule has 0 radical (unpaired) electrons. The van der Waals surface area contributed by atoms with Gasteiger partial charge in [-0.2, -0.15) is 0 Å². The van der Waals surface area contributed by atoms with E-state index in [9.17, 15) is 18.3 Å². The Balaban J connectivity index is 1.61. The van der Waals surface area contributed by atoms with E-state index in [0.717, 1.165) is 43.9 Å². The zero-order valence-electron chi connectivity index (χ0n) is 27.0. The van der Waals surface area contributed by atoms with Gasteiger partial charge in [0.2, 0.25) is 10.0 Å². The smallest absolute Gasteiger partial charge is 0.251 e.